The Morgan fingerprint density at radius 1 is 1.25 bits per heavy atom. The van der Waals surface area contributed by atoms with Crippen LogP contribution >= 0.6 is 0 Å². The van der Waals surface area contributed by atoms with Crippen molar-refractivity contribution < 1.29 is 23.2 Å². The van der Waals surface area contributed by atoms with E-state index in [1.807, 2.05) is 5.32 Å². The highest BCUT2D eigenvalue weighted by molar-refractivity contribution is 6.27. The van der Waals surface area contributed by atoms with Gasteiger partial charge in [0.15, 0.2) is 0 Å². The molecule has 1 unspecified atom stereocenters. The standard InChI is InChI=1S/C13H12F2N2O3/c1-2-3-8-11(18)16-13(20)17(12(8)19)10-6-7(14)4-5-9(10)15/h4-6,8H,2-3H2,1H3,(H,16,18,20). The number of imide groups is 2. The van der Waals surface area contributed by atoms with Gasteiger partial charge in [-0.15, -0.1) is 0 Å². The zero-order valence-electron chi connectivity index (χ0n) is 10.7. The summed E-state index contributed by atoms with van der Waals surface area (Å²) >= 11 is 0. The van der Waals surface area contributed by atoms with E-state index in [0.717, 1.165) is 18.2 Å². The first kappa shape index (κ1) is 14.1. The van der Waals surface area contributed by atoms with Crippen LogP contribution in [0.3, 0.4) is 0 Å². The van der Waals surface area contributed by atoms with Crippen LogP contribution in [0, 0.1) is 17.6 Å². The minimum absolute atomic E-state index is 0.228. The molecular formula is C13H12F2N2O3. The number of urea groups is 1. The highest BCUT2D eigenvalue weighted by Crippen LogP contribution is 2.26. The molecule has 2 rings (SSSR count). The minimum atomic E-state index is -1.07. The Morgan fingerprint density at radius 2 is 1.95 bits per heavy atom. The third kappa shape index (κ3) is 2.38. The topological polar surface area (TPSA) is 66.5 Å². The summed E-state index contributed by atoms with van der Waals surface area (Å²) in [6, 6.07) is 1.36. The van der Waals surface area contributed by atoms with Crippen molar-refractivity contribution in [2.45, 2.75) is 19.8 Å². The maximum Gasteiger partial charge on any atom is 0.335 e. The quantitative estimate of drug-likeness (QED) is 0.862. The van der Waals surface area contributed by atoms with Gasteiger partial charge in [0.25, 0.3) is 0 Å². The van der Waals surface area contributed by atoms with Crippen LogP contribution < -0.4 is 10.2 Å². The summed E-state index contributed by atoms with van der Waals surface area (Å²) in [4.78, 5) is 35.9. The average molecular weight is 282 g/mol. The second-order valence-electron chi connectivity index (χ2n) is 4.41. The van der Waals surface area contributed by atoms with Gasteiger partial charge < -0.3 is 0 Å². The third-order valence-corrected chi connectivity index (χ3v) is 2.99. The Hall–Kier alpha value is -2.31. The highest BCUT2D eigenvalue weighted by Gasteiger charge is 2.41. The fraction of sp³-hybridized carbons (Fsp3) is 0.308. The predicted molar refractivity (Wildman–Crippen MR) is 65.8 cm³/mol. The molecule has 1 fully saturated rings. The van der Waals surface area contributed by atoms with E-state index < -0.39 is 41.1 Å². The Balaban J connectivity index is 2.43. The van der Waals surface area contributed by atoms with Crippen molar-refractivity contribution in [3.8, 4) is 0 Å². The van der Waals surface area contributed by atoms with E-state index in [4.69, 9.17) is 0 Å². The van der Waals surface area contributed by atoms with E-state index in [1.54, 1.807) is 6.92 Å². The molecule has 1 aliphatic rings. The number of amides is 4. The van der Waals surface area contributed by atoms with Gasteiger partial charge in [0, 0.05) is 6.07 Å². The van der Waals surface area contributed by atoms with Crippen molar-refractivity contribution in [2.24, 2.45) is 5.92 Å². The molecule has 0 radical (unpaired) electrons. The lowest BCUT2D eigenvalue weighted by atomic mass is 9.99. The van der Waals surface area contributed by atoms with Gasteiger partial charge in [-0.25, -0.2) is 18.5 Å². The van der Waals surface area contributed by atoms with Gasteiger partial charge in [0.2, 0.25) is 11.8 Å². The Labute approximate surface area is 113 Å². The number of barbiturate groups is 1. The van der Waals surface area contributed by atoms with Crippen LogP contribution in [0.1, 0.15) is 19.8 Å². The Kier molecular flexibility index (Phi) is 3.78. The summed E-state index contributed by atoms with van der Waals surface area (Å²) in [6.07, 6.45) is 0.767. The second-order valence-corrected chi connectivity index (χ2v) is 4.41. The van der Waals surface area contributed by atoms with E-state index in [0.29, 0.717) is 11.3 Å². The van der Waals surface area contributed by atoms with Crippen LogP contribution in [-0.2, 0) is 9.59 Å². The number of carbonyl (C=O) groups is 3. The lowest BCUT2D eigenvalue weighted by Gasteiger charge is -2.30. The molecule has 0 spiro atoms. The van der Waals surface area contributed by atoms with Gasteiger partial charge in [0.05, 0.1) is 5.69 Å². The first-order valence-electron chi connectivity index (χ1n) is 6.09. The normalized spacial score (nSPS) is 19.2. The number of nitrogens with zero attached hydrogens (tertiary/aromatic N) is 1. The van der Waals surface area contributed by atoms with E-state index in [9.17, 15) is 23.2 Å². The van der Waals surface area contributed by atoms with Crippen LogP contribution in [-0.4, -0.2) is 17.8 Å². The fourth-order valence-electron chi connectivity index (χ4n) is 2.05. The van der Waals surface area contributed by atoms with Crippen molar-refractivity contribution >= 4 is 23.5 Å². The molecule has 1 aliphatic heterocycles. The summed E-state index contributed by atoms with van der Waals surface area (Å²) in [5, 5.41) is 1.98. The first-order valence-corrected chi connectivity index (χ1v) is 6.09. The molecule has 1 heterocycles. The first-order chi connectivity index (χ1) is 9.45. The van der Waals surface area contributed by atoms with Crippen molar-refractivity contribution in [2.75, 3.05) is 4.90 Å². The molecular weight excluding hydrogens is 270 g/mol. The van der Waals surface area contributed by atoms with Gasteiger partial charge in [-0.05, 0) is 18.6 Å². The van der Waals surface area contributed by atoms with Crippen molar-refractivity contribution in [3.05, 3.63) is 29.8 Å². The number of halogens is 2. The van der Waals surface area contributed by atoms with E-state index in [1.165, 1.54) is 0 Å². The van der Waals surface area contributed by atoms with Gasteiger partial charge >= 0.3 is 6.03 Å². The van der Waals surface area contributed by atoms with E-state index in [-0.39, 0.29) is 6.42 Å². The molecule has 106 valence electrons. The largest absolute Gasteiger partial charge is 0.335 e. The van der Waals surface area contributed by atoms with Crippen LogP contribution in [0.15, 0.2) is 18.2 Å². The zero-order valence-corrected chi connectivity index (χ0v) is 10.7. The molecule has 20 heavy (non-hydrogen) atoms. The summed E-state index contributed by atoms with van der Waals surface area (Å²) < 4.78 is 26.9. The maximum atomic E-state index is 13.7. The van der Waals surface area contributed by atoms with Crippen molar-refractivity contribution in [1.82, 2.24) is 5.32 Å². The molecule has 1 atom stereocenters. The van der Waals surface area contributed by atoms with Crippen molar-refractivity contribution in [3.63, 3.8) is 0 Å². The Morgan fingerprint density at radius 3 is 2.60 bits per heavy atom. The number of carbonyl (C=O) groups excluding carboxylic acids is 3. The number of benzene rings is 1. The maximum absolute atomic E-state index is 13.7. The van der Waals surface area contributed by atoms with Gasteiger partial charge in [0.1, 0.15) is 17.6 Å². The summed E-state index contributed by atoms with van der Waals surface area (Å²) in [5.41, 5.74) is -0.499. The van der Waals surface area contributed by atoms with Crippen molar-refractivity contribution in [1.29, 1.82) is 0 Å². The molecule has 0 aliphatic carbocycles. The molecule has 4 amide bonds. The number of rotatable bonds is 3. The number of nitrogens with one attached hydrogen (secondary N) is 1. The SMILES string of the molecule is CCCC1C(=O)NC(=O)N(c2cc(F)ccc2F)C1=O. The van der Waals surface area contributed by atoms with E-state index in [2.05, 4.69) is 0 Å². The molecule has 7 heteroatoms. The fourth-order valence-corrected chi connectivity index (χ4v) is 2.05. The summed E-state index contributed by atoms with van der Waals surface area (Å²) in [6.45, 7) is 1.77. The molecule has 1 N–H and O–H groups in total. The summed E-state index contributed by atoms with van der Waals surface area (Å²) in [7, 11) is 0. The highest BCUT2D eigenvalue weighted by atomic mass is 19.1. The predicted octanol–water partition coefficient (Wildman–Crippen LogP) is 1.96. The molecule has 0 aromatic heterocycles. The smallest absolute Gasteiger partial charge is 0.277 e. The average Bonchev–Trinajstić information content (AvgIpc) is 2.38. The molecule has 1 aromatic carbocycles. The van der Waals surface area contributed by atoms with Crippen LogP contribution in [0.4, 0.5) is 19.3 Å². The third-order valence-electron chi connectivity index (χ3n) is 2.99. The van der Waals surface area contributed by atoms with Crippen LogP contribution in [0.25, 0.3) is 0 Å². The number of hydrogen-bond donors (Lipinski definition) is 1. The molecule has 0 saturated carbocycles. The molecule has 1 aromatic rings. The number of anilines is 1. The molecule has 0 bridgehead atoms. The second kappa shape index (κ2) is 5.36. The van der Waals surface area contributed by atoms with E-state index >= 15 is 0 Å². The Bertz CT molecular complexity index is 589. The van der Waals surface area contributed by atoms with Gasteiger partial charge in [-0.1, -0.05) is 13.3 Å². The molecule has 1 saturated heterocycles. The number of hydrogen-bond acceptors (Lipinski definition) is 3. The van der Waals surface area contributed by atoms with Crippen LogP contribution in [0.2, 0.25) is 0 Å². The lowest BCUT2D eigenvalue weighted by molar-refractivity contribution is -0.134. The van der Waals surface area contributed by atoms with Gasteiger partial charge in [-0.3, -0.25) is 14.9 Å². The summed E-state index contributed by atoms with van der Waals surface area (Å²) in [5.74, 6) is -4.33. The zero-order chi connectivity index (χ0) is 14.9. The lowest BCUT2D eigenvalue weighted by Crippen LogP contribution is -2.58. The monoisotopic (exact) mass is 282 g/mol. The van der Waals surface area contributed by atoms with Gasteiger partial charge in [-0.2, -0.15) is 0 Å². The van der Waals surface area contributed by atoms with Crippen LogP contribution in [0.5, 0.6) is 0 Å². The molecule has 5 nitrogen and oxygen atoms in total. The minimum Gasteiger partial charge on any atom is -0.277 e.